The van der Waals surface area contributed by atoms with E-state index >= 15 is 0 Å². The second-order valence-electron chi connectivity index (χ2n) is 9.54. The molecule has 180 valence electrons. The highest BCUT2D eigenvalue weighted by atomic mass is 16.5. The van der Waals surface area contributed by atoms with Gasteiger partial charge in [-0.3, -0.25) is 4.79 Å². The lowest BCUT2D eigenvalue weighted by Crippen LogP contribution is -2.26. The molecule has 1 saturated heterocycles. The molecule has 0 bridgehead atoms. The fourth-order valence-corrected chi connectivity index (χ4v) is 4.76. The minimum Gasteiger partial charge on any atom is -0.491 e. The first kappa shape index (κ1) is 23.1. The molecule has 0 unspecified atom stereocenters. The zero-order valence-electron chi connectivity index (χ0n) is 20.4. The molecule has 0 spiro atoms. The van der Waals surface area contributed by atoms with Crippen LogP contribution in [0.3, 0.4) is 0 Å². The zero-order chi connectivity index (χ0) is 24.5. The molecule has 1 amide bonds. The number of ether oxygens (including phenoxy) is 1. The number of nitrogens with zero attached hydrogens (tertiary/aromatic N) is 3. The highest BCUT2D eigenvalue weighted by Crippen LogP contribution is 2.33. The van der Waals surface area contributed by atoms with Gasteiger partial charge in [0.1, 0.15) is 24.3 Å². The maximum absolute atomic E-state index is 12.9. The van der Waals surface area contributed by atoms with Gasteiger partial charge < -0.3 is 19.3 Å². The van der Waals surface area contributed by atoms with E-state index in [0.29, 0.717) is 19.5 Å². The number of aromatic nitrogens is 2. The molecule has 0 radical (unpaired) electrons. The number of imidazole rings is 1. The van der Waals surface area contributed by atoms with Crippen molar-refractivity contribution in [1.29, 1.82) is 0 Å². The number of rotatable bonds is 7. The van der Waals surface area contributed by atoms with Crippen molar-refractivity contribution in [2.24, 2.45) is 0 Å². The molecule has 1 aliphatic heterocycles. The summed E-state index contributed by atoms with van der Waals surface area (Å²) in [6.07, 6.45) is -0.330. The highest BCUT2D eigenvalue weighted by molar-refractivity contribution is 5.96. The van der Waals surface area contributed by atoms with Gasteiger partial charge in [0, 0.05) is 24.6 Å². The smallest absolute Gasteiger partial charge is 0.227 e. The Balaban J connectivity index is 1.38. The number of hydrogen-bond acceptors (Lipinski definition) is 4. The summed E-state index contributed by atoms with van der Waals surface area (Å²) in [6.45, 7) is 7.15. The van der Waals surface area contributed by atoms with E-state index in [4.69, 9.17) is 9.72 Å². The molecule has 6 heteroatoms. The molecule has 2 atom stereocenters. The van der Waals surface area contributed by atoms with Crippen LogP contribution >= 0.6 is 0 Å². The Morgan fingerprint density at radius 1 is 1.03 bits per heavy atom. The first-order chi connectivity index (χ1) is 16.9. The number of aliphatic hydroxyl groups is 1. The SMILES string of the molecule is Cc1ccc(N2C[C@@H](c3nc4ccccc4n3C[C@H](O)COc3cc(C)ccc3C)CC2=O)cc1. The van der Waals surface area contributed by atoms with Gasteiger partial charge in [-0.15, -0.1) is 0 Å². The van der Waals surface area contributed by atoms with Crippen LogP contribution in [0, 0.1) is 20.8 Å². The first-order valence-corrected chi connectivity index (χ1v) is 12.1. The van der Waals surface area contributed by atoms with Crippen LogP contribution < -0.4 is 9.64 Å². The molecule has 3 aromatic carbocycles. The molecule has 1 N–H and O–H groups in total. The predicted octanol–water partition coefficient (Wildman–Crippen LogP) is 4.92. The number of aryl methyl sites for hydroxylation is 3. The third kappa shape index (κ3) is 4.80. The number of fused-ring (bicyclic) bond motifs is 1. The largest absolute Gasteiger partial charge is 0.491 e. The predicted molar refractivity (Wildman–Crippen MR) is 138 cm³/mol. The minimum atomic E-state index is -0.725. The normalized spacial score (nSPS) is 16.7. The molecule has 6 nitrogen and oxygen atoms in total. The number of aliphatic hydroxyl groups excluding tert-OH is 1. The van der Waals surface area contributed by atoms with Gasteiger partial charge in [0.05, 0.1) is 17.6 Å². The molecule has 5 rings (SSSR count). The Morgan fingerprint density at radius 3 is 2.57 bits per heavy atom. The number of para-hydroxylation sites is 2. The number of benzene rings is 3. The van der Waals surface area contributed by atoms with Crippen LogP contribution in [0.1, 0.15) is 34.9 Å². The van der Waals surface area contributed by atoms with E-state index < -0.39 is 6.10 Å². The third-order valence-corrected chi connectivity index (χ3v) is 6.69. The molecule has 2 heterocycles. The van der Waals surface area contributed by atoms with Crippen molar-refractivity contribution < 1.29 is 14.6 Å². The fourth-order valence-electron chi connectivity index (χ4n) is 4.76. The summed E-state index contributed by atoms with van der Waals surface area (Å²) in [5, 5.41) is 10.9. The summed E-state index contributed by atoms with van der Waals surface area (Å²) >= 11 is 0. The van der Waals surface area contributed by atoms with E-state index in [2.05, 4.69) is 4.57 Å². The van der Waals surface area contributed by atoms with Crippen LogP contribution in [-0.4, -0.2) is 39.8 Å². The lowest BCUT2D eigenvalue weighted by molar-refractivity contribution is -0.117. The van der Waals surface area contributed by atoms with Crippen LogP contribution in [0.25, 0.3) is 11.0 Å². The van der Waals surface area contributed by atoms with E-state index in [1.165, 1.54) is 0 Å². The fraction of sp³-hybridized carbons (Fsp3) is 0.310. The van der Waals surface area contributed by atoms with Crippen molar-refractivity contribution in [3.63, 3.8) is 0 Å². The second kappa shape index (κ2) is 9.55. The summed E-state index contributed by atoms with van der Waals surface area (Å²) in [7, 11) is 0. The van der Waals surface area contributed by atoms with Gasteiger partial charge in [0.15, 0.2) is 0 Å². The molecular formula is C29H31N3O3. The monoisotopic (exact) mass is 469 g/mol. The zero-order valence-corrected chi connectivity index (χ0v) is 20.4. The molecule has 1 aliphatic rings. The van der Waals surface area contributed by atoms with Crippen LogP contribution in [0.4, 0.5) is 5.69 Å². The molecule has 1 aromatic heterocycles. The van der Waals surface area contributed by atoms with Crippen molar-refractivity contribution in [3.05, 3.63) is 89.2 Å². The Morgan fingerprint density at radius 2 is 1.77 bits per heavy atom. The van der Waals surface area contributed by atoms with Gasteiger partial charge in [-0.05, 0) is 62.2 Å². The van der Waals surface area contributed by atoms with E-state index in [1.54, 1.807) is 0 Å². The summed E-state index contributed by atoms with van der Waals surface area (Å²) in [5.41, 5.74) is 6.05. The van der Waals surface area contributed by atoms with Crippen molar-refractivity contribution in [2.45, 2.75) is 45.8 Å². The summed E-state index contributed by atoms with van der Waals surface area (Å²) < 4.78 is 8.02. The third-order valence-electron chi connectivity index (χ3n) is 6.69. The van der Waals surface area contributed by atoms with Crippen LogP contribution in [-0.2, 0) is 11.3 Å². The van der Waals surface area contributed by atoms with E-state index in [0.717, 1.165) is 45.0 Å². The molecular weight excluding hydrogens is 438 g/mol. The van der Waals surface area contributed by atoms with Crippen molar-refractivity contribution >= 4 is 22.6 Å². The Kier molecular flexibility index (Phi) is 6.31. The van der Waals surface area contributed by atoms with Gasteiger partial charge in [0.25, 0.3) is 0 Å². The lowest BCUT2D eigenvalue weighted by Gasteiger charge is -2.19. The number of amides is 1. The summed E-state index contributed by atoms with van der Waals surface area (Å²) in [6, 6.07) is 22.0. The van der Waals surface area contributed by atoms with Gasteiger partial charge in [-0.1, -0.05) is 42.0 Å². The maximum atomic E-state index is 12.9. The summed E-state index contributed by atoms with van der Waals surface area (Å²) in [5.74, 6) is 1.66. The number of hydrogen-bond donors (Lipinski definition) is 1. The average Bonchev–Trinajstić information content (AvgIpc) is 3.41. The maximum Gasteiger partial charge on any atom is 0.227 e. The van der Waals surface area contributed by atoms with Crippen LogP contribution in [0.5, 0.6) is 5.75 Å². The lowest BCUT2D eigenvalue weighted by atomic mass is 10.1. The first-order valence-electron chi connectivity index (χ1n) is 12.1. The Hall–Kier alpha value is -3.64. The Bertz CT molecular complexity index is 1360. The van der Waals surface area contributed by atoms with Crippen LogP contribution in [0.2, 0.25) is 0 Å². The topological polar surface area (TPSA) is 67.6 Å². The van der Waals surface area contributed by atoms with Gasteiger partial charge in [-0.25, -0.2) is 4.98 Å². The van der Waals surface area contributed by atoms with E-state index in [1.807, 2.05) is 92.4 Å². The quantitative estimate of drug-likeness (QED) is 0.417. The molecule has 35 heavy (non-hydrogen) atoms. The van der Waals surface area contributed by atoms with Gasteiger partial charge in [0.2, 0.25) is 5.91 Å². The van der Waals surface area contributed by atoms with Gasteiger partial charge >= 0.3 is 0 Å². The van der Waals surface area contributed by atoms with E-state index in [9.17, 15) is 9.90 Å². The summed E-state index contributed by atoms with van der Waals surface area (Å²) in [4.78, 5) is 19.7. The van der Waals surface area contributed by atoms with Gasteiger partial charge in [-0.2, -0.15) is 0 Å². The highest BCUT2D eigenvalue weighted by Gasteiger charge is 2.35. The number of carbonyl (C=O) groups excluding carboxylic acids is 1. The van der Waals surface area contributed by atoms with Crippen molar-refractivity contribution in [2.75, 3.05) is 18.1 Å². The Labute approximate surface area is 205 Å². The molecule has 1 fully saturated rings. The standard InChI is InChI=1S/C29H31N3O3/c1-19-9-12-23(13-10-19)31-16-22(15-28(31)34)29-30-25-6-4-5-7-26(25)32(29)17-24(33)18-35-27-14-20(2)8-11-21(27)3/h4-14,22,24,33H,15-18H2,1-3H3/t22-,24-/m0/s1. The van der Waals surface area contributed by atoms with Crippen molar-refractivity contribution in [3.8, 4) is 5.75 Å². The average molecular weight is 470 g/mol. The van der Waals surface area contributed by atoms with Crippen LogP contribution in [0.15, 0.2) is 66.7 Å². The van der Waals surface area contributed by atoms with E-state index in [-0.39, 0.29) is 18.4 Å². The second-order valence-corrected chi connectivity index (χ2v) is 9.54. The molecule has 0 saturated carbocycles. The minimum absolute atomic E-state index is 0.0525. The number of anilines is 1. The van der Waals surface area contributed by atoms with Crippen molar-refractivity contribution in [1.82, 2.24) is 9.55 Å². The molecule has 0 aliphatic carbocycles. The molecule has 4 aromatic rings. The number of carbonyl (C=O) groups is 1.